The molecule has 17 heavy (non-hydrogen) atoms. The highest BCUT2D eigenvalue weighted by atomic mass is 35.5. The van der Waals surface area contributed by atoms with Crippen LogP contribution in [0.25, 0.3) is 0 Å². The molecule has 0 aliphatic carbocycles. The second-order valence-corrected chi connectivity index (χ2v) is 5.19. The van der Waals surface area contributed by atoms with E-state index in [0.29, 0.717) is 12.3 Å². The highest BCUT2D eigenvalue weighted by Gasteiger charge is 2.21. The van der Waals surface area contributed by atoms with Crippen LogP contribution in [0, 0.1) is 0 Å². The van der Waals surface area contributed by atoms with E-state index in [1.54, 1.807) is 6.92 Å². The first-order chi connectivity index (χ1) is 8.16. The van der Waals surface area contributed by atoms with Crippen molar-refractivity contribution in [2.24, 2.45) is 0 Å². The molecule has 1 heterocycles. The monoisotopic (exact) mass is 251 g/mol. The summed E-state index contributed by atoms with van der Waals surface area (Å²) in [5, 5.41) is 4.21. The largest absolute Gasteiger partial charge is 0.384 e. The number of nitrogens with one attached hydrogen (secondary N) is 1. The molecule has 0 amide bonds. The summed E-state index contributed by atoms with van der Waals surface area (Å²) in [6.45, 7) is 2.65. The summed E-state index contributed by atoms with van der Waals surface area (Å²) < 4.78 is 0. The third kappa shape index (κ3) is 3.22. The molecule has 0 fully saturated rings. The number of hydrogen-bond donors (Lipinski definition) is 1. The van der Waals surface area contributed by atoms with Gasteiger partial charge < -0.3 is 10.1 Å². The Hall–Kier alpha value is -1.02. The molecule has 2 nitrogen and oxygen atoms in total. The second-order valence-electron chi connectivity index (χ2n) is 4.76. The highest BCUT2D eigenvalue weighted by molar-refractivity contribution is 6.30. The Bertz CT molecular complexity index is 417. The molecular weight excluding hydrogens is 234 g/mol. The fourth-order valence-corrected chi connectivity index (χ4v) is 2.58. The first kappa shape index (κ1) is 12.4. The molecule has 0 spiro atoms. The van der Waals surface area contributed by atoms with Gasteiger partial charge in [-0.1, -0.05) is 18.0 Å². The molecule has 3 heteroatoms. The van der Waals surface area contributed by atoms with Crippen molar-refractivity contribution in [1.82, 2.24) is 0 Å². The third-order valence-corrected chi connectivity index (χ3v) is 3.56. The molecule has 1 aromatic carbocycles. The molecule has 1 unspecified atom stereocenters. The summed E-state index contributed by atoms with van der Waals surface area (Å²) in [4.78, 5) is 10.9. The van der Waals surface area contributed by atoms with Crippen LogP contribution in [0.15, 0.2) is 18.2 Å². The van der Waals surface area contributed by atoms with Crippen LogP contribution in [0.5, 0.6) is 0 Å². The molecule has 0 radical (unpaired) electrons. The Labute approximate surface area is 107 Å². The standard InChI is InChI=1S/C14H18ClNO/c1-10(17)4-2-3-5-11-9-16-14-7-6-12(15)8-13(11)14/h6-8,11,16H,2-5,9H2,1H3. The predicted molar refractivity (Wildman–Crippen MR) is 71.8 cm³/mol. The van der Waals surface area contributed by atoms with Gasteiger partial charge in [-0.2, -0.15) is 0 Å². The van der Waals surface area contributed by atoms with E-state index in [0.717, 1.165) is 30.8 Å². The minimum Gasteiger partial charge on any atom is -0.384 e. The van der Waals surface area contributed by atoms with E-state index < -0.39 is 0 Å². The number of carbonyl (C=O) groups excluding carboxylic acids is 1. The average Bonchev–Trinajstić information content (AvgIpc) is 2.67. The first-order valence-electron chi connectivity index (χ1n) is 6.19. The number of halogens is 1. The topological polar surface area (TPSA) is 29.1 Å². The summed E-state index contributed by atoms with van der Waals surface area (Å²) in [6.07, 6.45) is 3.95. The second kappa shape index (κ2) is 5.54. The minimum absolute atomic E-state index is 0.290. The number of carbonyl (C=O) groups is 1. The summed E-state index contributed by atoms with van der Waals surface area (Å²) in [5.74, 6) is 0.841. The van der Waals surface area contributed by atoms with E-state index in [1.165, 1.54) is 11.3 Å². The molecule has 1 aromatic rings. The Kier molecular flexibility index (Phi) is 4.06. The Balaban J connectivity index is 1.88. The lowest BCUT2D eigenvalue weighted by molar-refractivity contribution is -0.117. The summed E-state index contributed by atoms with van der Waals surface area (Å²) in [7, 11) is 0. The zero-order valence-corrected chi connectivity index (χ0v) is 10.9. The fourth-order valence-electron chi connectivity index (χ4n) is 2.40. The average molecular weight is 252 g/mol. The molecule has 0 saturated heterocycles. The van der Waals surface area contributed by atoms with Gasteiger partial charge in [0.1, 0.15) is 5.78 Å². The van der Waals surface area contributed by atoms with Crippen LogP contribution in [0.2, 0.25) is 5.02 Å². The number of hydrogen-bond acceptors (Lipinski definition) is 2. The van der Waals surface area contributed by atoms with E-state index in [4.69, 9.17) is 11.6 Å². The fraction of sp³-hybridized carbons (Fsp3) is 0.500. The number of fused-ring (bicyclic) bond motifs is 1. The Morgan fingerprint density at radius 3 is 3.06 bits per heavy atom. The molecule has 0 aromatic heterocycles. The molecule has 2 rings (SSSR count). The van der Waals surface area contributed by atoms with Crippen LogP contribution in [-0.4, -0.2) is 12.3 Å². The highest BCUT2D eigenvalue weighted by Crippen LogP contribution is 2.36. The van der Waals surface area contributed by atoms with E-state index >= 15 is 0 Å². The van der Waals surface area contributed by atoms with Gasteiger partial charge in [-0.3, -0.25) is 0 Å². The van der Waals surface area contributed by atoms with Gasteiger partial charge in [-0.25, -0.2) is 0 Å². The van der Waals surface area contributed by atoms with Crippen molar-refractivity contribution in [2.75, 3.05) is 11.9 Å². The lowest BCUT2D eigenvalue weighted by Crippen LogP contribution is -2.02. The van der Waals surface area contributed by atoms with Crippen LogP contribution >= 0.6 is 11.6 Å². The summed E-state index contributed by atoms with van der Waals surface area (Å²) in [6, 6.07) is 6.03. The number of ketones is 1. The van der Waals surface area contributed by atoms with Crippen molar-refractivity contribution in [3.05, 3.63) is 28.8 Å². The Morgan fingerprint density at radius 1 is 1.47 bits per heavy atom. The molecule has 1 aliphatic rings. The maximum Gasteiger partial charge on any atom is 0.129 e. The normalized spacial score (nSPS) is 17.6. The van der Waals surface area contributed by atoms with Crippen molar-refractivity contribution in [3.8, 4) is 0 Å². The van der Waals surface area contributed by atoms with E-state index in [9.17, 15) is 4.79 Å². The molecule has 1 atom stereocenters. The predicted octanol–water partition coefficient (Wildman–Crippen LogP) is 4.00. The molecular formula is C14H18ClNO. The van der Waals surface area contributed by atoms with Gasteiger partial charge >= 0.3 is 0 Å². The number of unbranched alkanes of at least 4 members (excludes halogenated alkanes) is 1. The van der Waals surface area contributed by atoms with Gasteiger partial charge in [-0.05, 0) is 43.5 Å². The van der Waals surface area contributed by atoms with Crippen molar-refractivity contribution >= 4 is 23.1 Å². The maximum atomic E-state index is 10.9. The van der Waals surface area contributed by atoms with E-state index in [2.05, 4.69) is 11.4 Å². The summed E-state index contributed by atoms with van der Waals surface area (Å²) in [5.41, 5.74) is 2.55. The molecule has 1 aliphatic heterocycles. The zero-order valence-electron chi connectivity index (χ0n) is 10.1. The first-order valence-corrected chi connectivity index (χ1v) is 6.57. The van der Waals surface area contributed by atoms with Crippen LogP contribution in [0.3, 0.4) is 0 Å². The third-order valence-electron chi connectivity index (χ3n) is 3.32. The molecule has 1 N–H and O–H groups in total. The van der Waals surface area contributed by atoms with Crippen LogP contribution in [-0.2, 0) is 4.79 Å². The van der Waals surface area contributed by atoms with Crippen molar-refractivity contribution in [1.29, 1.82) is 0 Å². The smallest absolute Gasteiger partial charge is 0.129 e. The van der Waals surface area contributed by atoms with Gasteiger partial charge in [-0.15, -0.1) is 0 Å². The lowest BCUT2D eigenvalue weighted by Gasteiger charge is -2.09. The lowest BCUT2D eigenvalue weighted by atomic mass is 9.95. The van der Waals surface area contributed by atoms with E-state index in [-0.39, 0.29) is 5.78 Å². The number of anilines is 1. The zero-order chi connectivity index (χ0) is 12.3. The van der Waals surface area contributed by atoms with Crippen molar-refractivity contribution < 1.29 is 4.79 Å². The summed E-state index contributed by atoms with van der Waals surface area (Å²) >= 11 is 6.02. The number of benzene rings is 1. The minimum atomic E-state index is 0.290. The quantitative estimate of drug-likeness (QED) is 0.802. The van der Waals surface area contributed by atoms with Crippen molar-refractivity contribution in [3.63, 3.8) is 0 Å². The van der Waals surface area contributed by atoms with Crippen molar-refractivity contribution in [2.45, 2.75) is 38.5 Å². The van der Waals surface area contributed by atoms with Gasteiger partial charge in [0.15, 0.2) is 0 Å². The SMILES string of the molecule is CC(=O)CCCCC1CNc2ccc(Cl)cc21. The van der Waals surface area contributed by atoms with Crippen LogP contribution in [0.4, 0.5) is 5.69 Å². The van der Waals surface area contributed by atoms with Gasteiger partial charge in [0.05, 0.1) is 0 Å². The number of Topliss-reactive ketones (excluding diaryl/α,β-unsaturated/α-hetero) is 1. The maximum absolute atomic E-state index is 10.9. The molecule has 0 bridgehead atoms. The van der Waals surface area contributed by atoms with E-state index in [1.807, 2.05) is 12.1 Å². The van der Waals surface area contributed by atoms with Gasteiger partial charge in [0, 0.05) is 29.6 Å². The van der Waals surface area contributed by atoms with Crippen LogP contribution < -0.4 is 5.32 Å². The van der Waals surface area contributed by atoms with Crippen LogP contribution in [0.1, 0.15) is 44.1 Å². The Morgan fingerprint density at radius 2 is 2.29 bits per heavy atom. The van der Waals surface area contributed by atoms with Gasteiger partial charge in [0.2, 0.25) is 0 Å². The number of rotatable bonds is 5. The molecule has 92 valence electrons. The van der Waals surface area contributed by atoms with Gasteiger partial charge in [0.25, 0.3) is 0 Å². The molecule has 0 saturated carbocycles.